The number of pyridine rings is 2. The van der Waals surface area contributed by atoms with E-state index in [9.17, 15) is 4.79 Å². The fraction of sp³-hybridized carbons (Fsp3) is 0.167. The van der Waals surface area contributed by atoms with E-state index in [1.807, 2.05) is 44.2 Å². The lowest BCUT2D eigenvalue weighted by Gasteiger charge is -2.09. The van der Waals surface area contributed by atoms with Gasteiger partial charge in [-0.05, 0) is 44.2 Å². The Morgan fingerprint density at radius 2 is 1.92 bits per heavy atom. The van der Waals surface area contributed by atoms with Crippen LogP contribution in [0.25, 0.3) is 27.6 Å². The Kier molecular flexibility index (Phi) is 3.31. The molecule has 4 aromatic rings. The average molecular weight is 383 g/mol. The molecule has 0 aliphatic heterocycles. The fourth-order valence-electron chi connectivity index (χ4n) is 3.11. The van der Waals surface area contributed by atoms with E-state index in [2.05, 4.69) is 25.9 Å². The number of imidazole rings is 1. The van der Waals surface area contributed by atoms with Crippen LogP contribution in [0.1, 0.15) is 11.4 Å². The molecule has 120 valence electrons. The summed E-state index contributed by atoms with van der Waals surface area (Å²) < 4.78 is 4.31. The molecule has 3 heterocycles. The lowest BCUT2D eigenvalue weighted by atomic mass is 10.2. The summed E-state index contributed by atoms with van der Waals surface area (Å²) in [6.07, 6.45) is 1.75. The monoisotopic (exact) mass is 382 g/mol. The Labute approximate surface area is 146 Å². The highest BCUT2D eigenvalue weighted by molar-refractivity contribution is 9.10. The van der Waals surface area contributed by atoms with Crippen molar-refractivity contribution in [2.24, 2.45) is 7.05 Å². The predicted octanol–water partition coefficient (Wildman–Crippen LogP) is 3.65. The summed E-state index contributed by atoms with van der Waals surface area (Å²) in [6.45, 7) is 3.87. The van der Waals surface area contributed by atoms with Crippen LogP contribution >= 0.6 is 15.9 Å². The second-order valence-electron chi connectivity index (χ2n) is 5.89. The SMILES string of the molecule is Cc1ccc(-n2c(=O)n(C)c3cnc4ccc(Br)cc4c32)c(C)n1. The normalized spacial score (nSPS) is 11.5. The van der Waals surface area contributed by atoms with Crippen molar-refractivity contribution < 1.29 is 0 Å². The maximum absolute atomic E-state index is 12.9. The van der Waals surface area contributed by atoms with Gasteiger partial charge in [0.25, 0.3) is 0 Å². The molecule has 0 N–H and O–H groups in total. The van der Waals surface area contributed by atoms with Crippen LogP contribution in [-0.4, -0.2) is 19.1 Å². The number of halogens is 1. The molecule has 0 aliphatic carbocycles. The van der Waals surface area contributed by atoms with Gasteiger partial charge in [-0.25, -0.2) is 4.79 Å². The molecular formula is C18H15BrN4O. The van der Waals surface area contributed by atoms with Crippen molar-refractivity contribution in [3.63, 3.8) is 0 Å². The molecule has 0 amide bonds. The number of rotatable bonds is 1. The number of aryl methyl sites for hydroxylation is 3. The minimum Gasteiger partial charge on any atom is -0.293 e. The predicted molar refractivity (Wildman–Crippen MR) is 98.8 cm³/mol. The van der Waals surface area contributed by atoms with Gasteiger partial charge in [-0.3, -0.25) is 19.1 Å². The quantitative estimate of drug-likeness (QED) is 0.504. The second kappa shape index (κ2) is 5.27. The van der Waals surface area contributed by atoms with Gasteiger partial charge in [-0.15, -0.1) is 0 Å². The molecule has 5 nitrogen and oxygen atoms in total. The minimum absolute atomic E-state index is 0.104. The maximum atomic E-state index is 12.9. The van der Waals surface area contributed by atoms with Crippen LogP contribution in [0, 0.1) is 13.8 Å². The first-order chi connectivity index (χ1) is 11.5. The van der Waals surface area contributed by atoms with Gasteiger partial charge in [0, 0.05) is 22.6 Å². The fourth-order valence-corrected chi connectivity index (χ4v) is 3.47. The average Bonchev–Trinajstić information content (AvgIpc) is 2.80. The van der Waals surface area contributed by atoms with E-state index < -0.39 is 0 Å². The van der Waals surface area contributed by atoms with Crippen molar-refractivity contribution in [3.05, 3.63) is 62.9 Å². The molecule has 0 saturated heterocycles. The highest BCUT2D eigenvalue weighted by Crippen LogP contribution is 2.28. The third-order valence-corrected chi connectivity index (χ3v) is 4.78. The molecule has 0 atom stereocenters. The van der Waals surface area contributed by atoms with Crippen LogP contribution in [0.4, 0.5) is 0 Å². The molecule has 3 aromatic heterocycles. The second-order valence-corrected chi connectivity index (χ2v) is 6.80. The summed E-state index contributed by atoms with van der Waals surface area (Å²) in [5, 5.41) is 0.930. The Morgan fingerprint density at radius 1 is 1.12 bits per heavy atom. The highest BCUT2D eigenvalue weighted by Gasteiger charge is 2.17. The molecule has 0 unspecified atom stereocenters. The molecule has 0 radical (unpaired) electrons. The van der Waals surface area contributed by atoms with Gasteiger partial charge in [-0.2, -0.15) is 0 Å². The molecule has 24 heavy (non-hydrogen) atoms. The number of nitrogens with zero attached hydrogens (tertiary/aromatic N) is 4. The first-order valence-corrected chi connectivity index (χ1v) is 8.37. The third kappa shape index (κ3) is 2.10. The Hall–Kier alpha value is -2.47. The first-order valence-electron chi connectivity index (χ1n) is 7.57. The number of aromatic nitrogens is 4. The zero-order valence-corrected chi connectivity index (χ0v) is 15.1. The molecule has 0 bridgehead atoms. The number of hydrogen-bond acceptors (Lipinski definition) is 3. The minimum atomic E-state index is -0.104. The van der Waals surface area contributed by atoms with E-state index in [-0.39, 0.29) is 5.69 Å². The molecule has 0 fully saturated rings. The van der Waals surface area contributed by atoms with Gasteiger partial charge in [0.05, 0.1) is 34.1 Å². The van der Waals surface area contributed by atoms with Crippen molar-refractivity contribution >= 4 is 37.9 Å². The highest BCUT2D eigenvalue weighted by atomic mass is 79.9. The van der Waals surface area contributed by atoms with Crippen molar-refractivity contribution in [2.45, 2.75) is 13.8 Å². The van der Waals surface area contributed by atoms with Crippen molar-refractivity contribution in [1.29, 1.82) is 0 Å². The molecule has 6 heteroatoms. The van der Waals surface area contributed by atoms with Crippen molar-refractivity contribution in [2.75, 3.05) is 0 Å². The molecule has 0 spiro atoms. The summed E-state index contributed by atoms with van der Waals surface area (Å²) >= 11 is 3.51. The number of benzene rings is 1. The van der Waals surface area contributed by atoms with Gasteiger partial charge in [0.1, 0.15) is 0 Å². The first kappa shape index (κ1) is 15.1. The van der Waals surface area contributed by atoms with Gasteiger partial charge < -0.3 is 0 Å². The molecular weight excluding hydrogens is 368 g/mol. The number of hydrogen-bond donors (Lipinski definition) is 0. The number of fused-ring (bicyclic) bond motifs is 3. The van der Waals surface area contributed by atoms with Gasteiger partial charge >= 0.3 is 5.69 Å². The van der Waals surface area contributed by atoms with Gasteiger partial charge in [0.2, 0.25) is 0 Å². The molecule has 4 rings (SSSR count). The third-order valence-electron chi connectivity index (χ3n) is 4.28. The van der Waals surface area contributed by atoms with Crippen LogP contribution in [0.2, 0.25) is 0 Å². The van der Waals surface area contributed by atoms with Crippen LogP contribution in [-0.2, 0) is 7.05 Å². The zero-order valence-electron chi connectivity index (χ0n) is 13.5. The molecule has 0 aliphatic rings. The Morgan fingerprint density at radius 3 is 2.67 bits per heavy atom. The van der Waals surface area contributed by atoms with Crippen LogP contribution in [0.3, 0.4) is 0 Å². The summed E-state index contributed by atoms with van der Waals surface area (Å²) in [5.41, 5.74) is 4.94. The van der Waals surface area contributed by atoms with Gasteiger partial charge in [-0.1, -0.05) is 15.9 Å². The van der Waals surface area contributed by atoms with Crippen molar-refractivity contribution in [1.82, 2.24) is 19.1 Å². The van der Waals surface area contributed by atoms with E-state index in [0.717, 1.165) is 43.5 Å². The topological polar surface area (TPSA) is 52.7 Å². The van der Waals surface area contributed by atoms with Crippen LogP contribution in [0.15, 0.2) is 45.8 Å². The summed E-state index contributed by atoms with van der Waals surface area (Å²) in [6, 6.07) is 9.76. The lowest BCUT2D eigenvalue weighted by Crippen LogP contribution is -2.21. The summed E-state index contributed by atoms with van der Waals surface area (Å²) in [5.74, 6) is 0. The molecule has 0 saturated carbocycles. The van der Waals surface area contributed by atoms with Crippen LogP contribution < -0.4 is 5.69 Å². The van der Waals surface area contributed by atoms with E-state index in [1.165, 1.54) is 0 Å². The smallest absolute Gasteiger partial charge is 0.293 e. The molecule has 1 aromatic carbocycles. The standard InChI is InChI=1S/C18H15BrN4O/c1-10-4-7-15(11(2)21-10)23-17-13-8-12(19)5-6-14(13)20-9-16(17)22(3)18(23)24/h4-9H,1-3H3. The van der Waals surface area contributed by atoms with E-state index in [4.69, 9.17) is 0 Å². The van der Waals surface area contributed by atoms with E-state index in [0.29, 0.717) is 0 Å². The maximum Gasteiger partial charge on any atom is 0.333 e. The summed E-state index contributed by atoms with van der Waals surface area (Å²) in [7, 11) is 1.77. The van der Waals surface area contributed by atoms with E-state index >= 15 is 0 Å². The van der Waals surface area contributed by atoms with Gasteiger partial charge in [0.15, 0.2) is 0 Å². The van der Waals surface area contributed by atoms with Crippen molar-refractivity contribution in [3.8, 4) is 5.69 Å². The largest absolute Gasteiger partial charge is 0.333 e. The Bertz CT molecular complexity index is 1170. The van der Waals surface area contributed by atoms with E-state index in [1.54, 1.807) is 22.4 Å². The lowest BCUT2D eigenvalue weighted by molar-refractivity contribution is 0.839. The zero-order chi connectivity index (χ0) is 17.0. The summed E-state index contributed by atoms with van der Waals surface area (Å²) in [4.78, 5) is 21.9. The van der Waals surface area contributed by atoms with Crippen LogP contribution in [0.5, 0.6) is 0 Å². The Balaban J connectivity index is 2.24.